The molecule has 3 N–H and O–H groups in total. The highest BCUT2D eigenvalue weighted by atomic mass is 16.2. The fraction of sp³-hybridized carbons (Fsp3) is 0.0500. The van der Waals surface area contributed by atoms with Crippen LogP contribution >= 0.6 is 0 Å². The van der Waals surface area contributed by atoms with E-state index in [1.165, 1.54) is 6.07 Å². The molecule has 2 aromatic heterocycles. The summed E-state index contributed by atoms with van der Waals surface area (Å²) in [7, 11) is 0. The Labute approximate surface area is 158 Å². The van der Waals surface area contributed by atoms with Crippen molar-refractivity contribution in [1.29, 1.82) is 0 Å². The molecule has 0 saturated carbocycles. The zero-order valence-corrected chi connectivity index (χ0v) is 14.8. The van der Waals surface area contributed by atoms with Gasteiger partial charge in [-0.2, -0.15) is 5.10 Å². The summed E-state index contributed by atoms with van der Waals surface area (Å²) in [5.41, 5.74) is 1.26. The van der Waals surface area contributed by atoms with E-state index in [1.807, 2.05) is 0 Å². The van der Waals surface area contributed by atoms with E-state index < -0.39 is 5.91 Å². The van der Waals surface area contributed by atoms with Crippen LogP contribution in [0.3, 0.4) is 0 Å². The summed E-state index contributed by atoms with van der Waals surface area (Å²) in [6.07, 6.45) is 0. The molecule has 8 heteroatoms. The molecule has 0 saturated heterocycles. The highest BCUT2D eigenvalue weighted by Crippen LogP contribution is 2.20. The lowest BCUT2D eigenvalue weighted by atomic mass is 10.1. The minimum absolute atomic E-state index is 0.114. The second-order valence-electron chi connectivity index (χ2n) is 6.22. The summed E-state index contributed by atoms with van der Waals surface area (Å²) in [5.74, 6) is -0.0518. The smallest absolute Gasteiger partial charge is 0.276 e. The number of carbonyl (C=O) groups is 1. The molecule has 1 amide bonds. The maximum Gasteiger partial charge on any atom is 0.276 e. The van der Waals surface area contributed by atoms with Crippen molar-refractivity contribution in [2.24, 2.45) is 0 Å². The summed E-state index contributed by atoms with van der Waals surface area (Å²) >= 11 is 0. The molecular formula is C20H15N5O3. The van der Waals surface area contributed by atoms with Gasteiger partial charge in [0.2, 0.25) is 0 Å². The van der Waals surface area contributed by atoms with Gasteiger partial charge in [0.15, 0.2) is 5.69 Å². The lowest BCUT2D eigenvalue weighted by molar-refractivity contribution is 0.102. The molecule has 4 aromatic rings. The standard InChI is InChI=1S/C20H15N5O3/c1-11-9-16(26)23-18(21-11)12-5-4-6-13(10-12)22-20(28)17-14-7-2-3-8-15(14)19(27)25-24-17/h2-10H,1H3,(H,22,28)(H,25,27)(H,21,23,26). The number of carbonyl (C=O) groups excluding carboxylic acids is 1. The Hall–Kier alpha value is -4.07. The summed E-state index contributed by atoms with van der Waals surface area (Å²) in [6, 6.07) is 15.1. The predicted molar refractivity (Wildman–Crippen MR) is 105 cm³/mol. The fourth-order valence-electron chi connectivity index (χ4n) is 2.94. The number of benzene rings is 2. The number of rotatable bonds is 3. The number of aryl methyl sites for hydroxylation is 1. The van der Waals surface area contributed by atoms with Crippen LogP contribution in [0, 0.1) is 6.92 Å². The number of H-pyrrole nitrogens is 2. The first-order valence-corrected chi connectivity index (χ1v) is 8.48. The molecule has 28 heavy (non-hydrogen) atoms. The number of nitrogens with one attached hydrogen (secondary N) is 3. The highest BCUT2D eigenvalue weighted by Gasteiger charge is 2.14. The fourth-order valence-corrected chi connectivity index (χ4v) is 2.94. The van der Waals surface area contributed by atoms with Gasteiger partial charge in [-0.1, -0.05) is 30.3 Å². The van der Waals surface area contributed by atoms with Crippen molar-refractivity contribution < 1.29 is 4.79 Å². The second kappa shape index (κ2) is 6.92. The molecular weight excluding hydrogens is 358 g/mol. The van der Waals surface area contributed by atoms with Crippen LogP contribution in [0.5, 0.6) is 0 Å². The van der Waals surface area contributed by atoms with Gasteiger partial charge in [0, 0.05) is 28.4 Å². The van der Waals surface area contributed by atoms with Gasteiger partial charge in [-0.3, -0.25) is 14.4 Å². The Kier molecular flexibility index (Phi) is 4.29. The van der Waals surface area contributed by atoms with Crippen LogP contribution in [0.1, 0.15) is 16.2 Å². The molecule has 0 atom stereocenters. The molecule has 0 aliphatic rings. The van der Waals surface area contributed by atoms with Crippen LogP contribution in [0.4, 0.5) is 5.69 Å². The minimum atomic E-state index is -0.463. The first-order valence-electron chi connectivity index (χ1n) is 8.48. The van der Waals surface area contributed by atoms with Gasteiger partial charge in [0.1, 0.15) is 5.82 Å². The van der Waals surface area contributed by atoms with Crippen molar-refractivity contribution in [2.75, 3.05) is 5.32 Å². The van der Waals surface area contributed by atoms with E-state index in [4.69, 9.17) is 0 Å². The minimum Gasteiger partial charge on any atom is -0.321 e. The summed E-state index contributed by atoms with van der Waals surface area (Å²) < 4.78 is 0. The number of nitrogens with zero attached hydrogens (tertiary/aromatic N) is 2. The van der Waals surface area contributed by atoms with Gasteiger partial charge in [-0.05, 0) is 25.1 Å². The topological polar surface area (TPSA) is 121 Å². The van der Waals surface area contributed by atoms with E-state index >= 15 is 0 Å². The first kappa shape index (κ1) is 17.3. The normalized spacial score (nSPS) is 10.8. The van der Waals surface area contributed by atoms with E-state index in [-0.39, 0.29) is 16.8 Å². The van der Waals surface area contributed by atoms with Crippen LogP contribution in [-0.4, -0.2) is 26.1 Å². The third kappa shape index (κ3) is 3.30. The molecule has 8 nitrogen and oxygen atoms in total. The van der Waals surface area contributed by atoms with E-state index in [9.17, 15) is 14.4 Å². The number of hydrogen-bond acceptors (Lipinski definition) is 5. The molecule has 2 heterocycles. The van der Waals surface area contributed by atoms with Crippen LogP contribution < -0.4 is 16.4 Å². The molecule has 0 bridgehead atoms. The Morgan fingerprint density at radius 2 is 1.79 bits per heavy atom. The Bertz CT molecular complexity index is 1320. The molecule has 0 fully saturated rings. The monoisotopic (exact) mass is 373 g/mol. The quantitative estimate of drug-likeness (QED) is 0.509. The van der Waals surface area contributed by atoms with E-state index in [2.05, 4.69) is 25.5 Å². The summed E-state index contributed by atoms with van der Waals surface area (Å²) in [6.45, 7) is 1.73. The lowest BCUT2D eigenvalue weighted by Crippen LogP contribution is -2.19. The first-order chi connectivity index (χ1) is 13.5. The molecule has 0 aliphatic carbocycles. The summed E-state index contributed by atoms with van der Waals surface area (Å²) in [4.78, 5) is 43.3. The Morgan fingerprint density at radius 3 is 2.57 bits per heavy atom. The van der Waals surface area contributed by atoms with Gasteiger partial charge in [-0.25, -0.2) is 10.1 Å². The molecule has 4 rings (SSSR count). The van der Waals surface area contributed by atoms with Gasteiger partial charge in [-0.15, -0.1) is 0 Å². The highest BCUT2D eigenvalue weighted by molar-refractivity contribution is 6.11. The average molecular weight is 373 g/mol. The number of amides is 1. The van der Waals surface area contributed by atoms with Crippen molar-refractivity contribution >= 4 is 22.4 Å². The van der Waals surface area contributed by atoms with Crippen LogP contribution in [0.15, 0.2) is 64.2 Å². The van der Waals surface area contributed by atoms with Crippen molar-refractivity contribution in [3.63, 3.8) is 0 Å². The van der Waals surface area contributed by atoms with Crippen molar-refractivity contribution in [3.8, 4) is 11.4 Å². The third-order valence-electron chi connectivity index (χ3n) is 4.17. The molecule has 0 unspecified atom stereocenters. The Morgan fingerprint density at radius 1 is 1.00 bits per heavy atom. The van der Waals surface area contributed by atoms with Crippen molar-refractivity contribution in [1.82, 2.24) is 20.2 Å². The van der Waals surface area contributed by atoms with E-state index in [0.29, 0.717) is 33.5 Å². The maximum atomic E-state index is 12.7. The zero-order valence-electron chi connectivity index (χ0n) is 14.8. The predicted octanol–water partition coefficient (Wildman–Crippen LogP) is 2.23. The lowest BCUT2D eigenvalue weighted by Gasteiger charge is -2.08. The van der Waals surface area contributed by atoms with Crippen LogP contribution in [-0.2, 0) is 0 Å². The van der Waals surface area contributed by atoms with Crippen LogP contribution in [0.2, 0.25) is 0 Å². The Balaban J connectivity index is 1.69. The second-order valence-corrected chi connectivity index (χ2v) is 6.22. The van der Waals surface area contributed by atoms with Gasteiger partial charge < -0.3 is 10.3 Å². The van der Waals surface area contributed by atoms with Crippen LogP contribution in [0.25, 0.3) is 22.2 Å². The maximum absolute atomic E-state index is 12.7. The van der Waals surface area contributed by atoms with Gasteiger partial charge in [0.05, 0.1) is 5.39 Å². The van der Waals surface area contributed by atoms with Gasteiger partial charge in [0.25, 0.3) is 17.0 Å². The number of aromatic amines is 2. The van der Waals surface area contributed by atoms with Crippen molar-refractivity contribution in [2.45, 2.75) is 6.92 Å². The van der Waals surface area contributed by atoms with Gasteiger partial charge >= 0.3 is 0 Å². The SMILES string of the molecule is Cc1cc(=O)[nH]c(-c2cccc(NC(=O)c3n[nH]c(=O)c4ccccc34)c2)n1. The largest absolute Gasteiger partial charge is 0.321 e. The molecule has 138 valence electrons. The summed E-state index contributed by atoms with van der Waals surface area (Å²) in [5, 5.41) is 9.86. The van der Waals surface area contributed by atoms with E-state index in [0.717, 1.165) is 0 Å². The van der Waals surface area contributed by atoms with E-state index in [1.54, 1.807) is 55.5 Å². The molecule has 0 spiro atoms. The molecule has 0 aliphatic heterocycles. The molecule has 0 radical (unpaired) electrons. The third-order valence-corrected chi connectivity index (χ3v) is 4.17. The molecule has 2 aromatic carbocycles. The number of fused-ring (bicyclic) bond motifs is 1. The number of anilines is 1. The van der Waals surface area contributed by atoms with Crippen molar-refractivity contribution in [3.05, 3.63) is 86.7 Å². The number of aromatic nitrogens is 4. The average Bonchev–Trinajstić information content (AvgIpc) is 2.68. The number of hydrogen-bond donors (Lipinski definition) is 3. The zero-order chi connectivity index (χ0) is 19.7.